The van der Waals surface area contributed by atoms with Gasteiger partial charge in [-0.15, -0.1) is 0 Å². The average molecular weight is 792 g/mol. The number of hydrogen-bond donors (Lipinski definition) is 0. The van der Waals surface area contributed by atoms with Crippen molar-refractivity contribution in [2.75, 3.05) is 0 Å². The van der Waals surface area contributed by atoms with Gasteiger partial charge in [0, 0.05) is 38.2 Å². The van der Waals surface area contributed by atoms with Crippen molar-refractivity contribution >= 4 is 97.6 Å². The first-order valence-corrected chi connectivity index (χ1v) is 20.8. The normalized spacial score (nSPS) is 13.3. The molecule has 0 aliphatic carbocycles. The number of benzene rings is 11. The number of fused-ring (bicyclic) bond motifs is 11. The van der Waals surface area contributed by atoms with Crippen molar-refractivity contribution < 1.29 is 6.85 Å². The van der Waals surface area contributed by atoms with Crippen LogP contribution in [-0.4, -0.2) is 19.1 Å². The van der Waals surface area contributed by atoms with Gasteiger partial charge in [0.25, 0.3) is 0 Å². The Bertz CT molecular complexity index is 4410. The molecule has 62 heavy (non-hydrogen) atoms. The Hall–Kier alpha value is -8.34. The van der Waals surface area contributed by atoms with Crippen molar-refractivity contribution in [3.8, 4) is 34.0 Å². The number of nitrogens with zero attached hydrogens (tertiary/aromatic N) is 4. The molecule has 4 nitrogen and oxygen atoms in total. The van der Waals surface area contributed by atoms with E-state index in [0.717, 1.165) is 60.2 Å². The number of hydrogen-bond acceptors (Lipinski definition) is 2. The Balaban J connectivity index is 1.13. The van der Waals surface area contributed by atoms with Gasteiger partial charge in [-0.2, -0.15) is 0 Å². The van der Waals surface area contributed by atoms with Crippen LogP contribution in [0.1, 0.15) is 6.85 Å². The van der Waals surface area contributed by atoms with Crippen LogP contribution in [0, 0.1) is 0 Å². The fourth-order valence-corrected chi connectivity index (χ4v) is 10.4. The van der Waals surface area contributed by atoms with Crippen LogP contribution in [0.15, 0.2) is 206 Å². The maximum Gasteiger partial charge on any atom is 0.235 e. The molecule has 0 saturated heterocycles. The predicted molar refractivity (Wildman–Crippen MR) is 260 cm³/mol. The van der Waals surface area contributed by atoms with Crippen LogP contribution in [0.5, 0.6) is 0 Å². The van der Waals surface area contributed by atoms with Gasteiger partial charge >= 0.3 is 0 Å². The Morgan fingerprint density at radius 3 is 1.52 bits per heavy atom. The van der Waals surface area contributed by atoms with Crippen LogP contribution >= 0.6 is 0 Å². The monoisotopic (exact) mass is 791 g/mol. The predicted octanol–water partition coefficient (Wildman–Crippen LogP) is 15.2. The van der Waals surface area contributed by atoms with Crippen LogP contribution in [0.25, 0.3) is 132 Å². The Labute approximate surface area is 362 Å². The molecule has 0 radical (unpaired) electrons. The molecule has 4 heteroatoms. The van der Waals surface area contributed by atoms with Gasteiger partial charge in [-0.25, -0.2) is 9.97 Å². The van der Waals surface area contributed by atoms with Crippen molar-refractivity contribution in [3.05, 3.63) is 206 Å². The smallest absolute Gasteiger partial charge is 0.235 e. The summed E-state index contributed by atoms with van der Waals surface area (Å²) in [5.74, 6) is 0.338. The SMILES string of the molecule is [2H]c1c([2H])c([2H])c(-c2nc(-n3c4ccccc4c4c5cccc6c7cccc8c7c(cc7c8c8ccccc8n7-c7ccc(-c8ccccc8)cc7)c(cc43)c65)nc3ccccc23)c([2H])c1[2H]. The van der Waals surface area contributed by atoms with Crippen molar-refractivity contribution in [2.24, 2.45) is 0 Å². The highest BCUT2D eigenvalue weighted by Crippen LogP contribution is 2.49. The van der Waals surface area contributed by atoms with Gasteiger partial charge in [0.05, 0.1) is 40.1 Å². The fourth-order valence-electron chi connectivity index (χ4n) is 10.4. The second-order valence-electron chi connectivity index (χ2n) is 16.1. The van der Waals surface area contributed by atoms with E-state index in [2.05, 4.69) is 149 Å². The average Bonchev–Trinajstić information content (AvgIpc) is 3.90. The molecule has 0 aliphatic rings. The summed E-state index contributed by atoms with van der Waals surface area (Å²) in [6.07, 6.45) is 0. The first-order valence-electron chi connectivity index (χ1n) is 23.3. The molecule has 0 atom stereocenters. The molecule has 14 rings (SSSR count). The third-order valence-corrected chi connectivity index (χ3v) is 12.9. The highest BCUT2D eigenvalue weighted by molar-refractivity contribution is 6.41. The molecule has 0 amide bonds. The zero-order valence-electron chi connectivity index (χ0n) is 38.0. The molecule has 0 fully saturated rings. The standard InChI is InChI=1S/C58H34N4/c1-3-15-35(16-4-1)36-29-31-38(32-30-36)61-49-27-11-8-20-42(49)55-44-24-13-22-39-40-23-14-25-45-54(40)47(46(53(39)44)33-51(55)61)34-52-56(45)43-21-9-12-28-50(43)62(52)58-59-48-26-10-7-19-41(48)57(60-58)37-17-5-2-6-18-37/h1-34H/i2D,5D,6D,17D,18D. The molecule has 0 N–H and O–H groups in total. The van der Waals surface area contributed by atoms with Crippen LogP contribution in [0.4, 0.5) is 0 Å². The number of aromatic nitrogens is 4. The lowest BCUT2D eigenvalue weighted by molar-refractivity contribution is 1.01. The van der Waals surface area contributed by atoms with E-state index in [1.807, 2.05) is 36.4 Å². The minimum absolute atomic E-state index is 0.0363. The minimum Gasteiger partial charge on any atom is -0.309 e. The molecular weight excluding hydrogens is 753 g/mol. The highest BCUT2D eigenvalue weighted by Gasteiger charge is 2.24. The lowest BCUT2D eigenvalue weighted by Gasteiger charge is -2.17. The first-order chi connectivity index (χ1) is 32.9. The number of para-hydroxylation sites is 3. The van der Waals surface area contributed by atoms with E-state index in [4.69, 9.17) is 16.8 Å². The maximum absolute atomic E-state index is 9.01. The lowest BCUT2D eigenvalue weighted by atomic mass is 9.87. The molecule has 0 aliphatic heterocycles. The molecule has 3 heterocycles. The minimum atomic E-state index is -0.449. The van der Waals surface area contributed by atoms with Gasteiger partial charge in [0.2, 0.25) is 5.95 Å². The van der Waals surface area contributed by atoms with Crippen molar-refractivity contribution in [1.29, 1.82) is 0 Å². The Kier molecular flexibility index (Phi) is 5.88. The van der Waals surface area contributed by atoms with Gasteiger partial charge in [0.15, 0.2) is 0 Å². The van der Waals surface area contributed by atoms with Crippen LogP contribution in [0.2, 0.25) is 0 Å². The quantitative estimate of drug-likeness (QED) is 0.131. The molecule has 3 aromatic heterocycles. The summed E-state index contributed by atoms with van der Waals surface area (Å²) in [7, 11) is 0. The summed E-state index contributed by atoms with van der Waals surface area (Å²) in [6, 6.07) is 59.9. The van der Waals surface area contributed by atoms with Crippen molar-refractivity contribution in [1.82, 2.24) is 19.1 Å². The summed E-state index contributed by atoms with van der Waals surface area (Å²) < 4.78 is 48.0. The van der Waals surface area contributed by atoms with Gasteiger partial charge in [-0.05, 0) is 96.7 Å². The molecule has 0 bridgehead atoms. The third-order valence-electron chi connectivity index (χ3n) is 12.9. The summed E-state index contributed by atoms with van der Waals surface area (Å²) in [5.41, 5.74) is 8.35. The van der Waals surface area contributed by atoms with Crippen molar-refractivity contribution in [3.63, 3.8) is 0 Å². The largest absolute Gasteiger partial charge is 0.309 e. The summed E-state index contributed by atoms with van der Waals surface area (Å²) in [5, 5.41) is 14.3. The summed E-state index contributed by atoms with van der Waals surface area (Å²) >= 11 is 0. The summed E-state index contributed by atoms with van der Waals surface area (Å²) in [4.78, 5) is 10.4. The van der Waals surface area contributed by atoms with E-state index in [0.29, 0.717) is 16.9 Å². The van der Waals surface area contributed by atoms with Gasteiger partial charge in [-0.1, -0.05) is 164 Å². The van der Waals surface area contributed by atoms with Crippen LogP contribution < -0.4 is 0 Å². The van der Waals surface area contributed by atoms with E-state index in [1.54, 1.807) is 0 Å². The molecule has 0 spiro atoms. The highest BCUT2D eigenvalue weighted by atomic mass is 15.2. The van der Waals surface area contributed by atoms with Gasteiger partial charge in [0.1, 0.15) is 0 Å². The molecular formula is C58H34N4. The lowest BCUT2D eigenvalue weighted by Crippen LogP contribution is -2.03. The van der Waals surface area contributed by atoms with Crippen LogP contribution in [0.3, 0.4) is 0 Å². The van der Waals surface area contributed by atoms with E-state index in [-0.39, 0.29) is 23.3 Å². The molecule has 0 unspecified atom stereocenters. The third kappa shape index (κ3) is 4.55. The Morgan fingerprint density at radius 1 is 0.339 bits per heavy atom. The molecule has 14 aromatic rings. The second kappa shape index (κ2) is 12.6. The second-order valence-corrected chi connectivity index (χ2v) is 16.1. The van der Waals surface area contributed by atoms with E-state index < -0.39 is 18.1 Å². The van der Waals surface area contributed by atoms with Crippen molar-refractivity contribution in [2.45, 2.75) is 0 Å². The first kappa shape index (κ1) is 29.0. The topological polar surface area (TPSA) is 35.6 Å². The molecule has 286 valence electrons. The fraction of sp³-hybridized carbons (Fsp3) is 0. The van der Waals surface area contributed by atoms with E-state index in [9.17, 15) is 0 Å². The molecule has 0 saturated carbocycles. The zero-order chi connectivity index (χ0) is 44.8. The van der Waals surface area contributed by atoms with Gasteiger partial charge in [-0.3, -0.25) is 4.57 Å². The Morgan fingerprint density at radius 2 is 0.855 bits per heavy atom. The van der Waals surface area contributed by atoms with Crippen LogP contribution in [-0.2, 0) is 0 Å². The number of rotatable bonds is 4. The summed E-state index contributed by atoms with van der Waals surface area (Å²) in [6.45, 7) is 0. The van der Waals surface area contributed by atoms with Gasteiger partial charge < -0.3 is 4.57 Å². The van der Waals surface area contributed by atoms with E-state index >= 15 is 0 Å². The van der Waals surface area contributed by atoms with E-state index in [1.165, 1.54) is 43.3 Å². The maximum atomic E-state index is 9.01. The zero-order valence-corrected chi connectivity index (χ0v) is 33.0. The molecule has 11 aromatic carbocycles.